The van der Waals surface area contributed by atoms with Crippen LogP contribution in [0.1, 0.15) is 25.7 Å². The van der Waals surface area contributed by atoms with E-state index in [-0.39, 0.29) is 12.3 Å². The first-order valence-corrected chi connectivity index (χ1v) is 7.08. The molecule has 1 spiro atoms. The average molecular weight is 354 g/mol. The lowest BCUT2D eigenvalue weighted by molar-refractivity contribution is -0.227. The van der Waals surface area contributed by atoms with E-state index in [4.69, 9.17) is 4.74 Å². The third-order valence-corrected chi connectivity index (χ3v) is 3.65. The molecule has 2 rings (SSSR count). The molecule has 3 amide bonds. The highest BCUT2D eigenvalue weighted by molar-refractivity contribution is 14.1. The van der Waals surface area contributed by atoms with Gasteiger partial charge in [-0.2, -0.15) is 0 Å². The number of carbonyl (C=O) groups is 2. The predicted molar refractivity (Wildman–Crippen MR) is 67.7 cm³/mol. The molecule has 6 nitrogen and oxygen atoms in total. The van der Waals surface area contributed by atoms with Gasteiger partial charge in [0.2, 0.25) is 0 Å². The maximum atomic E-state index is 11.8. The molecule has 1 saturated heterocycles. The summed E-state index contributed by atoms with van der Waals surface area (Å²) in [7, 11) is 0. The van der Waals surface area contributed by atoms with Crippen LogP contribution in [0.15, 0.2) is 0 Å². The van der Waals surface area contributed by atoms with Crippen molar-refractivity contribution in [2.24, 2.45) is 0 Å². The summed E-state index contributed by atoms with van der Waals surface area (Å²) in [5.74, 6) is -1.67. The number of urea groups is 1. The molecule has 2 fully saturated rings. The number of ether oxygens (including phenoxy) is 1. The van der Waals surface area contributed by atoms with Gasteiger partial charge in [-0.25, -0.2) is 4.79 Å². The zero-order chi connectivity index (χ0) is 12.5. The summed E-state index contributed by atoms with van der Waals surface area (Å²) in [4.78, 5) is 22.9. The molecule has 0 radical (unpaired) electrons. The average Bonchev–Trinajstić information content (AvgIpc) is 2.50. The zero-order valence-corrected chi connectivity index (χ0v) is 11.5. The number of hydrogen-bond donors (Lipinski definition) is 3. The molecule has 0 aromatic carbocycles. The third kappa shape index (κ3) is 2.55. The van der Waals surface area contributed by atoms with E-state index in [0.717, 1.165) is 4.43 Å². The second-order valence-corrected chi connectivity index (χ2v) is 5.58. The van der Waals surface area contributed by atoms with Gasteiger partial charge in [-0.3, -0.25) is 10.1 Å². The van der Waals surface area contributed by atoms with Gasteiger partial charge in [-0.05, 0) is 12.8 Å². The van der Waals surface area contributed by atoms with E-state index < -0.39 is 17.4 Å². The van der Waals surface area contributed by atoms with Gasteiger partial charge in [0.25, 0.3) is 5.91 Å². The second-order valence-electron chi connectivity index (χ2n) is 4.50. The van der Waals surface area contributed by atoms with Crippen LogP contribution in [0.25, 0.3) is 0 Å². The normalized spacial score (nSPS) is 37.1. The summed E-state index contributed by atoms with van der Waals surface area (Å²) in [5, 5.41) is 15.1. The third-order valence-electron chi connectivity index (χ3n) is 3.21. The van der Waals surface area contributed by atoms with Gasteiger partial charge in [-0.15, -0.1) is 0 Å². The van der Waals surface area contributed by atoms with Crippen molar-refractivity contribution < 1.29 is 19.4 Å². The van der Waals surface area contributed by atoms with Crippen molar-refractivity contribution in [3.63, 3.8) is 0 Å². The van der Waals surface area contributed by atoms with Crippen molar-refractivity contribution >= 4 is 34.5 Å². The van der Waals surface area contributed by atoms with Gasteiger partial charge in [-0.1, -0.05) is 22.6 Å². The summed E-state index contributed by atoms with van der Waals surface area (Å²) < 4.78 is 6.18. The van der Waals surface area contributed by atoms with Crippen molar-refractivity contribution in [1.29, 1.82) is 0 Å². The van der Waals surface area contributed by atoms with Gasteiger partial charge < -0.3 is 15.2 Å². The fraction of sp³-hybridized carbons (Fsp3) is 0.800. The van der Waals surface area contributed by atoms with Crippen LogP contribution >= 0.6 is 22.6 Å². The van der Waals surface area contributed by atoms with Crippen molar-refractivity contribution in [3.8, 4) is 0 Å². The molecule has 2 atom stereocenters. The number of hydrogen-bond acceptors (Lipinski definition) is 4. The topological polar surface area (TPSA) is 87.7 Å². The zero-order valence-electron chi connectivity index (χ0n) is 9.29. The molecule has 1 aliphatic heterocycles. The summed E-state index contributed by atoms with van der Waals surface area (Å²) in [6.07, 6.45) is 1.80. The monoisotopic (exact) mass is 354 g/mol. The fourth-order valence-electron chi connectivity index (χ4n) is 2.50. The minimum absolute atomic E-state index is 0.119. The van der Waals surface area contributed by atoms with Crippen LogP contribution < -0.4 is 10.6 Å². The second kappa shape index (κ2) is 4.69. The lowest BCUT2D eigenvalue weighted by Gasteiger charge is -2.40. The van der Waals surface area contributed by atoms with Crippen LogP contribution in [-0.4, -0.2) is 39.4 Å². The number of amides is 3. The Labute approximate surface area is 113 Å². The molecule has 3 N–H and O–H groups in total. The number of aliphatic hydroxyl groups is 1. The molecule has 7 heteroatoms. The standard InChI is InChI=1S/C10H15IN2O4/c11-4-5-17-10(16)3-1-2-9(6-10)7(14)12-8(15)13-9/h16H,1-6H2,(H2,12,13,14,15). The van der Waals surface area contributed by atoms with E-state index in [1.807, 2.05) is 0 Å². The van der Waals surface area contributed by atoms with E-state index in [1.165, 1.54) is 0 Å². The van der Waals surface area contributed by atoms with Crippen LogP contribution in [-0.2, 0) is 9.53 Å². The van der Waals surface area contributed by atoms with Gasteiger partial charge in [0, 0.05) is 17.3 Å². The van der Waals surface area contributed by atoms with E-state index in [2.05, 4.69) is 33.2 Å². The largest absolute Gasteiger partial charge is 0.365 e. The Morgan fingerprint density at radius 1 is 1.41 bits per heavy atom. The summed E-state index contributed by atoms with van der Waals surface area (Å²) >= 11 is 2.15. The van der Waals surface area contributed by atoms with E-state index >= 15 is 0 Å². The molecule has 0 aromatic heterocycles. The predicted octanol–water partition coefficient (Wildman–Crippen LogP) is 0.279. The van der Waals surface area contributed by atoms with Gasteiger partial charge in [0.05, 0.1) is 6.61 Å². The SMILES string of the molecule is O=C1NC(=O)C2(CCCC(O)(OCCI)C2)N1. The molecule has 1 heterocycles. The molecule has 1 aliphatic carbocycles. The van der Waals surface area contributed by atoms with Crippen LogP contribution in [0.4, 0.5) is 4.79 Å². The van der Waals surface area contributed by atoms with E-state index in [9.17, 15) is 14.7 Å². The molecular formula is C10H15IN2O4. The smallest absolute Gasteiger partial charge is 0.322 e. The maximum Gasteiger partial charge on any atom is 0.322 e. The fourth-order valence-corrected chi connectivity index (χ4v) is 2.72. The Hall–Kier alpha value is -0.410. The van der Waals surface area contributed by atoms with Crippen LogP contribution in [0.3, 0.4) is 0 Å². The quantitative estimate of drug-likeness (QED) is 0.294. The number of halogens is 1. The number of rotatable bonds is 3. The lowest BCUT2D eigenvalue weighted by atomic mass is 9.78. The maximum absolute atomic E-state index is 11.8. The number of nitrogens with one attached hydrogen (secondary N) is 2. The summed E-state index contributed by atoms with van der Waals surface area (Å²) in [5.41, 5.74) is -0.991. The summed E-state index contributed by atoms with van der Waals surface area (Å²) in [6, 6.07) is -0.492. The molecule has 1 saturated carbocycles. The first-order chi connectivity index (χ1) is 8.00. The molecule has 2 aliphatic rings. The van der Waals surface area contributed by atoms with Gasteiger partial charge >= 0.3 is 6.03 Å². The Bertz CT molecular complexity index is 351. The molecule has 0 bridgehead atoms. The molecule has 17 heavy (non-hydrogen) atoms. The number of alkyl halides is 1. The number of carbonyl (C=O) groups excluding carboxylic acids is 2. The van der Waals surface area contributed by atoms with E-state index in [0.29, 0.717) is 25.9 Å². The van der Waals surface area contributed by atoms with E-state index in [1.54, 1.807) is 0 Å². The van der Waals surface area contributed by atoms with Crippen molar-refractivity contribution in [3.05, 3.63) is 0 Å². The van der Waals surface area contributed by atoms with Crippen molar-refractivity contribution in [2.45, 2.75) is 37.0 Å². The lowest BCUT2D eigenvalue weighted by Crippen LogP contribution is -2.56. The first-order valence-electron chi connectivity index (χ1n) is 5.56. The Morgan fingerprint density at radius 3 is 2.76 bits per heavy atom. The molecule has 96 valence electrons. The highest BCUT2D eigenvalue weighted by Gasteiger charge is 2.53. The highest BCUT2D eigenvalue weighted by atomic mass is 127. The minimum atomic E-state index is -1.31. The summed E-state index contributed by atoms with van der Waals surface area (Å²) in [6.45, 7) is 0.433. The Kier molecular flexibility index (Phi) is 3.60. The van der Waals surface area contributed by atoms with Crippen LogP contribution in [0.2, 0.25) is 0 Å². The highest BCUT2D eigenvalue weighted by Crippen LogP contribution is 2.37. The van der Waals surface area contributed by atoms with Gasteiger partial charge in [0.1, 0.15) is 5.54 Å². The minimum Gasteiger partial charge on any atom is -0.365 e. The first kappa shape index (κ1) is 13.0. The molecular weight excluding hydrogens is 339 g/mol. The van der Waals surface area contributed by atoms with Crippen LogP contribution in [0.5, 0.6) is 0 Å². The molecule has 0 aromatic rings. The van der Waals surface area contributed by atoms with Crippen molar-refractivity contribution in [1.82, 2.24) is 10.6 Å². The van der Waals surface area contributed by atoms with Crippen molar-refractivity contribution in [2.75, 3.05) is 11.0 Å². The van der Waals surface area contributed by atoms with Gasteiger partial charge in [0.15, 0.2) is 5.79 Å². The molecule has 2 unspecified atom stereocenters. The van der Waals surface area contributed by atoms with Crippen LogP contribution in [0, 0.1) is 0 Å². The number of imide groups is 1. The Balaban J connectivity index is 2.11. The Morgan fingerprint density at radius 2 is 2.18 bits per heavy atom.